The normalized spacial score (nSPS) is 20.4. The summed E-state index contributed by atoms with van der Waals surface area (Å²) in [4.78, 5) is 12.6. The molecule has 0 aliphatic carbocycles. The van der Waals surface area contributed by atoms with Crippen molar-refractivity contribution in [2.24, 2.45) is 0 Å². The average molecular weight is 421 g/mol. The molecule has 1 saturated heterocycles. The number of sulfonamides is 1. The molecule has 0 saturated carbocycles. The Hall–Kier alpha value is -2.29. The van der Waals surface area contributed by atoms with Crippen LogP contribution in [0, 0.1) is 12.7 Å². The molecule has 0 radical (unpaired) electrons. The highest BCUT2D eigenvalue weighted by Gasteiger charge is 2.32. The molecule has 1 N–H and O–H groups in total. The number of rotatable bonds is 5. The predicted molar refractivity (Wildman–Crippen MR) is 108 cm³/mol. The maximum Gasteiger partial charge on any atom is 0.251 e. The van der Waals surface area contributed by atoms with Gasteiger partial charge >= 0.3 is 0 Å². The molecule has 1 amide bonds. The Balaban J connectivity index is 1.74. The van der Waals surface area contributed by atoms with Crippen LogP contribution in [0.2, 0.25) is 0 Å². The predicted octanol–water partition coefficient (Wildman–Crippen LogP) is 2.86. The van der Waals surface area contributed by atoms with Crippen LogP contribution in [0.15, 0.2) is 47.4 Å². The largest absolute Gasteiger partial charge is 0.373 e. The van der Waals surface area contributed by atoms with Gasteiger partial charge in [-0.05, 0) is 56.2 Å². The molecule has 2 aromatic rings. The Bertz CT molecular complexity index is 999. The van der Waals surface area contributed by atoms with Crippen LogP contribution in [0.3, 0.4) is 0 Å². The van der Waals surface area contributed by atoms with Crippen molar-refractivity contribution in [1.82, 2.24) is 9.62 Å². The number of benzene rings is 2. The van der Waals surface area contributed by atoms with Gasteiger partial charge in [-0.3, -0.25) is 4.79 Å². The summed E-state index contributed by atoms with van der Waals surface area (Å²) in [5, 5.41) is 2.74. The van der Waals surface area contributed by atoms with E-state index in [-0.39, 0.29) is 48.1 Å². The molecule has 0 bridgehead atoms. The number of aryl methyl sites for hydroxylation is 1. The summed E-state index contributed by atoms with van der Waals surface area (Å²) in [6.07, 6.45) is -0.390. The second-order valence-corrected chi connectivity index (χ2v) is 9.31. The standard InChI is InChI=1S/C21H25FN2O4S/c1-14-9-17(7-8-20(14)22)11-23-21(25)18-5-4-6-19(10-18)29(26,27)24-12-15(2)28-16(3)13-24/h4-10,15-16H,11-13H2,1-3H3,(H,23,25). The van der Waals surface area contributed by atoms with E-state index < -0.39 is 15.9 Å². The fraction of sp³-hybridized carbons (Fsp3) is 0.381. The first kappa shape index (κ1) is 21.4. The maximum atomic E-state index is 13.4. The minimum Gasteiger partial charge on any atom is -0.373 e. The number of halogens is 1. The first-order chi connectivity index (χ1) is 13.7. The van der Waals surface area contributed by atoms with Gasteiger partial charge in [-0.1, -0.05) is 18.2 Å². The lowest BCUT2D eigenvalue weighted by atomic mass is 10.1. The summed E-state index contributed by atoms with van der Waals surface area (Å²) < 4.78 is 46.4. The number of hydrogen-bond acceptors (Lipinski definition) is 4. The highest BCUT2D eigenvalue weighted by molar-refractivity contribution is 7.89. The van der Waals surface area contributed by atoms with Crippen LogP contribution in [0.4, 0.5) is 4.39 Å². The number of amides is 1. The third kappa shape index (κ3) is 5.01. The molecule has 0 aromatic heterocycles. The van der Waals surface area contributed by atoms with Gasteiger partial charge in [-0.2, -0.15) is 4.31 Å². The van der Waals surface area contributed by atoms with E-state index in [2.05, 4.69) is 5.32 Å². The van der Waals surface area contributed by atoms with E-state index in [0.29, 0.717) is 5.56 Å². The summed E-state index contributed by atoms with van der Waals surface area (Å²) >= 11 is 0. The third-order valence-corrected chi connectivity index (χ3v) is 6.62. The average Bonchev–Trinajstić information content (AvgIpc) is 2.68. The zero-order chi connectivity index (χ0) is 21.2. The van der Waals surface area contributed by atoms with Crippen molar-refractivity contribution in [3.63, 3.8) is 0 Å². The summed E-state index contributed by atoms with van der Waals surface area (Å²) in [6, 6.07) is 10.6. The Morgan fingerprint density at radius 1 is 1.17 bits per heavy atom. The number of nitrogens with zero attached hydrogens (tertiary/aromatic N) is 1. The van der Waals surface area contributed by atoms with E-state index in [0.717, 1.165) is 5.56 Å². The molecule has 1 fully saturated rings. The zero-order valence-corrected chi connectivity index (χ0v) is 17.5. The summed E-state index contributed by atoms with van der Waals surface area (Å²) in [7, 11) is -3.73. The molecular weight excluding hydrogens is 395 g/mol. The Labute approximate surface area is 170 Å². The van der Waals surface area contributed by atoms with Crippen molar-refractivity contribution < 1.29 is 22.3 Å². The smallest absolute Gasteiger partial charge is 0.251 e. The minimum absolute atomic E-state index is 0.0732. The van der Waals surface area contributed by atoms with E-state index in [1.165, 1.54) is 22.5 Å². The van der Waals surface area contributed by atoms with E-state index in [9.17, 15) is 17.6 Å². The minimum atomic E-state index is -3.73. The van der Waals surface area contributed by atoms with Gasteiger partial charge in [0, 0.05) is 25.2 Å². The lowest BCUT2D eigenvalue weighted by molar-refractivity contribution is -0.0440. The van der Waals surface area contributed by atoms with Crippen LogP contribution in [-0.4, -0.2) is 43.9 Å². The van der Waals surface area contributed by atoms with E-state index >= 15 is 0 Å². The topological polar surface area (TPSA) is 75.7 Å². The van der Waals surface area contributed by atoms with Crippen molar-refractivity contribution >= 4 is 15.9 Å². The van der Waals surface area contributed by atoms with Crippen LogP contribution in [-0.2, 0) is 21.3 Å². The molecule has 0 spiro atoms. The lowest BCUT2D eigenvalue weighted by Crippen LogP contribution is -2.48. The molecule has 6 nitrogen and oxygen atoms in total. The van der Waals surface area contributed by atoms with Crippen molar-refractivity contribution in [3.05, 3.63) is 65.0 Å². The van der Waals surface area contributed by atoms with Crippen molar-refractivity contribution in [2.75, 3.05) is 13.1 Å². The van der Waals surface area contributed by atoms with Gasteiger partial charge in [-0.25, -0.2) is 12.8 Å². The molecule has 1 aliphatic rings. The zero-order valence-electron chi connectivity index (χ0n) is 16.7. The van der Waals surface area contributed by atoms with Gasteiger partial charge < -0.3 is 10.1 Å². The van der Waals surface area contributed by atoms with Gasteiger partial charge in [0.15, 0.2) is 0 Å². The Morgan fingerprint density at radius 2 is 1.86 bits per heavy atom. The molecule has 2 aromatic carbocycles. The van der Waals surface area contributed by atoms with Gasteiger partial charge in [0.25, 0.3) is 5.91 Å². The van der Waals surface area contributed by atoms with Crippen LogP contribution >= 0.6 is 0 Å². The molecule has 3 rings (SSSR count). The number of morpholine rings is 1. The van der Waals surface area contributed by atoms with Crippen molar-refractivity contribution in [2.45, 2.75) is 44.4 Å². The molecule has 2 unspecified atom stereocenters. The summed E-state index contributed by atoms with van der Waals surface area (Å²) in [5.41, 5.74) is 1.51. The molecule has 1 aliphatic heterocycles. The SMILES string of the molecule is Cc1cc(CNC(=O)c2cccc(S(=O)(=O)N3CC(C)OC(C)C3)c2)ccc1F. The first-order valence-electron chi connectivity index (χ1n) is 9.45. The number of hydrogen-bond donors (Lipinski definition) is 1. The first-order valence-corrected chi connectivity index (χ1v) is 10.9. The number of carbonyl (C=O) groups excluding carboxylic acids is 1. The highest BCUT2D eigenvalue weighted by atomic mass is 32.2. The molecule has 29 heavy (non-hydrogen) atoms. The van der Waals surface area contributed by atoms with Crippen LogP contribution in [0.5, 0.6) is 0 Å². The Morgan fingerprint density at radius 3 is 2.52 bits per heavy atom. The molecular formula is C21H25FN2O4S. The van der Waals surface area contributed by atoms with Crippen molar-refractivity contribution in [3.8, 4) is 0 Å². The molecule has 156 valence electrons. The van der Waals surface area contributed by atoms with E-state index in [1.54, 1.807) is 31.2 Å². The fourth-order valence-corrected chi connectivity index (χ4v) is 5.01. The third-order valence-electron chi connectivity index (χ3n) is 4.80. The highest BCUT2D eigenvalue weighted by Crippen LogP contribution is 2.22. The van der Waals surface area contributed by atoms with Crippen molar-refractivity contribution in [1.29, 1.82) is 0 Å². The number of ether oxygens (including phenoxy) is 1. The molecule has 1 heterocycles. The fourth-order valence-electron chi connectivity index (χ4n) is 3.37. The van der Waals surface area contributed by atoms with E-state index in [1.807, 2.05) is 13.8 Å². The summed E-state index contributed by atoms with van der Waals surface area (Å²) in [6.45, 7) is 6.08. The van der Waals surface area contributed by atoms with Crippen LogP contribution < -0.4 is 5.32 Å². The van der Waals surface area contributed by atoms with E-state index in [4.69, 9.17) is 4.74 Å². The lowest BCUT2D eigenvalue weighted by Gasteiger charge is -2.34. The monoisotopic (exact) mass is 420 g/mol. The molecule has 8 heteroatoms. The second-order valence-electron chi connectivity index (χ2n) is 7.37. The van der Waals surface area contributed by atoms with Crippen LogP contribution in [0.1, 0.15) is 35.3 Å². The number of carbonyl (C=O) groups is 1. The summed E-state index contributed by atoms with van der Waals surface area (Å²) in [5.74, 6) is -0.697. The maximum absolute atomic E-state index is 13.4. The second kappa shape index (κ2) is 8.61. The number of nitrogens with one attached hydrogen (secondary N) is 1. The quantitative estimate of drug-likeness (QED) is 0.807. The molecule has 2 atom stereocenters. The van der Waals surface area contributed by atoms with Crippen LogP contribution in [0.25, 0.3) is 0 Å². The van der Waals surface area contributed by atoms with Gasteiger partial charge in [0.1, 0.15) is 5.82 Å². The van der Waals surface area contributed by atoms with Gasteiger partial charge in [0.2, 0.25) is 10.0 Å². The van der Waals surface area contributed by atoms with Gasteiger partial charge in [-0.15, -0.1) is 0 Å². The van der Waals surface area contributed by atoms with Gasteiger partial charge in [0.05, 0.1) is 17.1 Å². The Kier molecular flexibility index (Phi) is 6.36.